The fourth-order valence-electron chi connectivity index (χ4n) is 1.63. The Kier molecular flexibility index (Phi) is 4.46. The third kappa shape index (κ3) is 3.48. The van der Waals surface area contributed by atoms with E-state index in [1.54, 1.807) is 11.8 Å². The number of hydrogen-bond donors (Lipinski definition) is 0. The molecular formula is C14H14ClNS. The highest BCUT2D eigenvalue weighted by Crippen LogP contribution is 2.36. The van der Waals surface area contributed by atoms with E-state index in [1.807, 2.05) is 36.5 Å². The van der Waals surface area contributed by atoms with Gasteiger partial charge in [-0.1, -0.05) is 48.5 Å². The molecule has 2 rings (SSSR count). The van der Waals surface area contributed by atoms with E-state index in [9.17, 15) is 0 Å². The maximum Gasteiger partial charge on any atom is 0.0965 e. The Morgan fingerprint density at radius 3 is 2.53 bits per heavy atom. The van der Waals surface area contributed by atoms with E-state index in [-0.39, 0.29) is 0 Å². The number of hydrogen-bond acceptors (Lipinski definition) is 2. The van der Waals surface area contributed by atoms with E-state index in [1.165, 1.54) is 5.56 Å². The molecule has 1 unspecified atom stereocenters. The van der Waals surface area contributed by atoms with Crippen LogP contribution in [0.25, 0.3) is 0 Å². The SMILES string of the molecule is CCC(Sc1ccccn1)c1ccc(Cl)cc1. The number of rotatable bonds is 4. The Morgan fingerprint density at radius 1 is 1.18 bits per heavy atom. The van der Waals surface area contributed by atoms with Crippen molar-refractivity contribution in [2.75, 3.05) is 0 Å². The van der Waals surface area contributed by atoms with E-state index in [0.717, 1.165) is 16.5 Å². The van der Waals surface area contributed by atoms with Crippen molar-refractivity contribution in [1.29, 1.82) is 0 Å². The first kappa shape index (κ1) is 12.5. The molecule has 1 aromatic carbocycles. The summed E-state index contributed by atoms with van der Waals surface area (Å²) >= 11 is 7.69. The third-order valence-corrected chi connectivity index (χ3v) is 4.14. The van der Waals surface area contributed by atoms with Crippen LogP contribution in [0.2, 0.25) is 5.02 Å². The van der Waals surface area contributed by atoms with Gasteiger partial charge in [0.05, 0.1) is 5.03 Å². The molecule has 0 aliphatic carbocycles. The van der Waals surface area contributed by atoms with Crippen molar-refractivity contribution >= 4 is 23.4 Å². The molecule has 3 heteroatoms. The Morgan fingerprint density at radius 2 is 1.94 bits per heavy atom. The van der Waals surface area contributed by atoms with Crippen LogP contribution in [0.15, 0.2) is 53.7 Å². The Labute approximate surface area is 111 Å². The minimum Gasteiger partial charge on any atom is -0.250 e. The van der Waals surface area contributed by atoms with Crippen molar-refractivity contribution < 1.29 is 0 Å². The minimum atomic E-state index is 0.433. The maximum absolute atomic E-state index is 5.90. The summed E-state index contributed by atoms with van der Waals surface area (Å²) in [5.41, 5.74) is 1.30. The van der Waals surface area contributed by atoms with Gasteiger partial charge in [-0.05, 0) is 36.2 Å². The lowest BCUT2D eigenvalue weighted by molar-refractivity contribution is 0.890. The number of halogens is 1. The molecule has 0 amide bonds. The van der Waals surface area contributed by atoms with Gasteiger partial charge in [-0.25, -0.2) is 4.98 Å². The zero-order valence-corrected chi connectivity index (χ0v) is 11.2. The van der Waals surface area contributed by atoms with Gasteiger partial charge in [0.15, 0.2) is 0 Å². The van der Waals surface area contributed by atoms with Gasteiger partial charge in [0.2, 0.25) is 0 Å². The highest BCUT2D eigenvalue weighted by atomic mass is 35.5. The Bertz CT molecular complexity index is 455. The van der Waals surface area contributed by atoms with Crippen LogP contribution in [-0.4, -0.2) is 4.98 Å². The first-order chi connectivity index (χ1) is 8.29. The van der Waals surface area contributed by atoms with E-state index in [2.05, 4.69) is 24.0 Å². The standard InChI is InChI=1S/C14H14ClNS/c1-2-13(11-6-8-12(15)9-7-11)17-14-5-3-4-10-16-14/h3-10,13H,2H2,1H3. The Balaban J connectivity index is 2.14. The molecule has 0 saturated heterocycles. The molecule has 0 N–H and O–H groups in total. The molecule has 0 radical (unpaired) electrons. The highest BCUT2D eigenvalue weighted by Gasteiger charge is 2.11. The quantitative estimate of drug-likeness (QED) is 0.722. The number of aromatic nitrogens is 1. The van der Waals surface area contributed by atoms with Crippen LogP contribution < -0.4 is 0 Å². The van der Waals surface area contributed by atoms with Gasteiger partial charge < -0.3 is 0 Å². The molecule has 1 atom stereocenters. The summed E-state index contributed by atoms with van der Waals surface area (Å²) in [6.45, 7) is 2.19. The molecular weight excluding hydrogens is 250 g/mol. The lowest BCUT2D eigenvalue weighted by Gasteiger charge is -2.14. The molecule has 0 aliphatic rings. The average molecular weight is 264 g/mol. The van der Waals surface area contributed by atoms with Crippen molar-refractivity contribution in [3.63, 3.8) is 0 Å². The smallest absolute Gasteiger partial charge is 0.0965 e. The Hall–Kier alpha value is -0.990. The van der Waals surface area contributed by atoms with Gasteiger partial charge >= 0.3 is 0 Å². The predicted octanol–water partition coefficient (Wildman–Crippen LogP) is 4.98. The summed E-state index contributed by atoms with van der Waals surface area (Å²) in [5, 5.41) is 2.28. The lowest BCUT2D eigenvalue weighted by atomic mass is 10.1. The molecule has 0 aliphatic heterocycles. The number of benzene rings is 1. The molecule has 88 valence electrons. The zero-order chi connectivity index (χ0) is 12.1. The molecule has 0 saturated carbocycles. The number of pyridine rings is 1. The molecule has 1 aromatic heterocycles. The van der Waals surface area contributed by atoms with Crippen LogP contribution in [0.4, 0.5) is 0 Å². The lowest BCUT2D eigenvalue weighted by Crippen LogP contribution is -1.92. The van der Waals surface area contributed by atoms with Crippen molar-refractivity contribution in [3.8, 4) is 0 Å². The van der Waals surface area contributed by atoms with E-state index in [4.69, 9.17) is 11.6 Å². The summed E-state index contributed by atoms with van der Waals surface area (Å²) in [6.07, 6.45) is 2.90. The van der Waals surface area contributed by atoms with Crippen LogP contribution in [-0.2, 0) is 0 Å². The van der Waals surface area contributed by atoms with Crippen LogP contribution in [0.5, 0.6) is 0 Å². The molecule has 2 aromatic rings. The summed E-state index contributed by atoms with van der Waals surface area (Å²) in [6, 6.07) is 14.1. The summed E-state index contributed by atoms with van der Waals surface area (Å²) < 4.78 is 0. The van der Waals surface area contributed by atoms with Gasteiger partial charge in [0, 0.05) is 16.5 Å². The fourth-order valence-corrected chi connectivity index (χ4v) is 2.78. The third-order valence-electron chi connectivity index (χ3n) is 2.51. The van der Waals surface area contributed by atoms with E-state index < -0.39 is 0 Å². The van der Waals surface area contributed by atoms with Crippen molar-refractivity contribution in [2.45, 2.75) is 23.6 Å². The topological polar surface area (TPSA) is 12.9 Å². The summed E-state index contributed by atoms with van der Waals surface area (Å²) in [4.78, 5) is 4.35. The second kappa shape index (κ2) is 6.08. The molecule has 0 bridgehead atoms. The van der Waals surface area contributed by atoms with Crippen LogP contribution in [0, 0.1) is 0 Å². The fraction of sp³-hybridized carbons (Fsp3) is 0.214. The number of thioether (sulfide) groups is 1. The van der Waals surface area contributed by atoms with Gasteiger partial charge in [0.1, 0.15) is 0 Å². The second-order valence-corrected chi connectivity index (χ2v) is 5.39. The van der Waals surface area contributed by atoms with Gasteiger partial charge in [-0.2, -0.15) is 0 Å². The van der Waals surface area contributed by atoms with Gasteiger partial charge in [-0.3, -0.25) is 0 Å². The molecule has 0 fully saturated rings. The molecule has 17 heavy (non-hydrogen) atoms. The second-order valence-electron chi connectivity index (χ2n) is 3.73. The molecule has 1 nitrogen and oxygen atoms in total. The first-order valence-electron chi connectivity index (χ1n) is 5.62. The predicted molar refractivity (Wildman–Crippen MR) is 74.6 cm³/mol. The van der Waals surface area contributed by atoms with E-state index in [0.29, 0.717) is 5.25 Å². The minimum absolute atomic E-state index is 0.433. The van der Waals surface area contributed by atoms with Crippen LogP contribution in [0.3, 0.4) is 0 Å². The highest BCUT2D eigenvalue weighted by molar-refractivity contribution is 7.99. The first-order valence-corrected chi connectivity index (χ1v) is 6.88. The molecule has 0 spiro atoms. The van der Waals surface area contributed by atoms with Crippen molar-refractivity contribution in [2.24, 2.45) is 0 Å². The van der Waals surface area contributed by atoms with Gasteiger partial charge in [0.25, 0.3) is 0 Å². The maximum atomic E-state index is 5.90. The number of nitrogens with zero attached hydrogens (tertiary/aromatic N) is 1. The van der Waals surface area contributed by atoms with Crippen LogP contribution >= 0.6 is 23.4 Å². The van der Waals surface area contributed by atoms with E-state index >= 15 is 0 Å². The average Bonchev–Trinajstić information content (AvgIpc) is 2.38. The largest absolute Gasteiger partial charge is 0.250 e. The summed E-state index contributed by atoms with van der Waals surface area (Å²) in [7, 11) is 0. The molecule has 1 heterocycles. The van der Waals surface area contributed by atoms with Crippen molar-refractivity contribution in [1.82, 2.24) is 4.98 Å². The monoisotopic (exact) mass is 263 g/mol. The zero-order valence-electron chi connectivity index (χ0n) is 9.64. The van der Waals surface area contributed by atoms with Gasteiger partial charge in [-0.15, -0.1) is 0 Å². The summed E-state index contributed by atoms with van der Waals surface area (Å²) in [5.74, 6) is 0. The normalized spacial score (nSPS) is 12.4. The van der Waals surface area contributed by atoms with Crippen molar-refractivity contribution in [3.05, 3.63) is 59.2 Å². The van der Waals surface area contributed by atoms with Crippen LogP contribution in [0.1, 0.15) is 24.2 Å².